The molecule has 1 saturated heterocycles. The number of alkyl halides is 3. The van der Waals surface area contributed by atoms with E-state index in [0.717, 1.165) is 28.4 Å². The highest BCUT2D eigenvalue weighted by atomic mass is 35.5. The third-order valence-corrected chi connectivity index (χ3v) is 6.99. The van der Waals surface area contributed by atoms with E-state index in [1.54, 1.807) is 6.20 Å². The Morgan fingerprint density at radius 3 is 2.31 bits per heavy atom. The van der Waals surface area contributed by atoms with Crippen LogP contribution in [0.1, 0.15) is 37.6 Å². The molecule has 3 aromatic heterocycles. The minimum Gasteiger partial charge on any atom is -0.444 e. The second-order valence-electron chi connectivity index (χ2n) is 11.1. The SMILES string of the molecule is CC(C)(C)OC(=O)NCc1ccc(-c2nc3c(N4CCN(Cc5ccc(C(F)(F)F)nc5)CC4)c(Cl)cnc3[nH]2)cc1. The number of ether oxygens (including phenoxy) is 1. The number of hydrogen-bond acceptors (Lipinski definition) is 7. The lowest BCUT2D eigenvalue weighted by molar-refractivity contribution is -0.141. The van der Waals surface area contributed by atoms with Crippen LogP contribution in [0.5, 0.6) is 0 Å². The summed E-state index contributed by atoms with van der Waals surface area (Å²) >= 11 is 6.61. The number of anilines is 1. The van der Waals surface area contributed by atoms with Gasteiger partial charge in [0.1, 0.15) is 22.6 Å². The van der Waals surface area contributed by atoms with Gasteiger partial charge in [-0.25, -0.2) is 14.8 Å². The van der Waals surface area contributed by atoms with Crippen LogP contribution in [0.4, 0.5) is 23.7 Å². The van der Waals surface area contributed by atoms with Gasteiger partial charge in [0.15, 0.2) is 5.65 Å². The quantitative estimate of drug-likeness (QED) is 0.278. The second-order valence-corrected chi connectivity index (χ2v) is 11.5. The van der Waals surface area contributed by atoms with Gasteiger partial charge in [-0.1, -0.05) is 41.9 Å². The van der Waals surface area contributed by atoms with Gasteiger partial charge in [0, 0.05) is 51.0 Å². The molecule has 9 nitrogen and oxygen atoms in total. The van der Waals surface area contributed by atoms with E-state index in [-0.39, 0.29) is 0 Å². The molecular weight excluding hydrogens is 571 g/mol. The molecule has 13 heteroatoms. The van der Waals surface area contributed by atoms with Crippen molar-refractivity contribution in [3.05, 3.63) is 70.6 Å². The first-order chi connectivity index (χ1) is 19.9. The normalized spacial score (nSPS) is 14.8. The topological polar surface area (TPSA) is 99.3 Å². The molecule has 0 aliphatic carbocycles. The lowest BCUT2D eigenvalue weighted by Gasteiger charge is -2.36. The summed E-state index contributed by atoms with van der Waals surface area (Å²) in [5.74, 6) is 0.640. The summed E-state index contributed by atoms with van der Waals surface area (Å²) in [7, 11) is 0. The van der Waals surface area contributed by atoms with Crippen molar-refractivity contribution in [2.75, 3.05) is 31.1 Å². The van der Waals surface area contributed by atoms with E-state index in [1.807, 2.05) is 45.0 Å². The van der Waals surface area contributed by atoms with E-state index < -0.39 is 23.6 Å². The van der Waals surface area contributed by atoms with E-state index in [9.17, 15) is 18.0 Å². The molecular formula is C29H31ClF3N7O2. The highest BCUT2D eigenvalue weighted by molar-refractivity contribution is 6.34. The fraction of sp³-hybridized carbons (Fsp3) is 0.379. The van der Waals surface area contributed by atoms with Crippen LogP contribution in [0.15, 0.2) is 48.8 Å². The van der Waals surface area contributed by atoms with Crippen molar-refractivity contribution < 1.29 is 22.7 Å². The molecule has 1 aromatic carbocycles. The Morgan fingerprint density at radius 2 is 1.69 bits per heavy atom. The van der Waals surface area contributed by atoms with E-state index in [4.69, 9.17) is 21.3 Å². The van der Waals surface area contributed by atoms with Crippen LogP contribution in [-0.2, 0) is 24.0 Å². The lowest BCUT2D eigenvalue weighted by atomic mass is 10.1. The first-order valence-corrected chi connectivity index (χ1v) is 13.8. The van der Waals surface area contributed by atoms with Crippen LogP contribution >= 0.6 is 11.6 Å². The summed E-state index contributed by atoms with van der Waals surface area (Å²) in [5.41, 5.74) is 3.09. The molecule has 0 radical (unpaired) electrons. The average molecular weight is 602 g/mol. The first-order valence-electron chi connectivity index (χ1n) is 13.5. The molecule has 1 aliphatic rings. The van der Waals surface area contributed by atoms with E-state index in [1.165, 1.54) is 12.3 Å². The van der Waals surface area contributed by atoms with Crippen LogP contribution in [0.25, 0.3) is 22.6 Å². The molecule has 1 fully saturated rings. The van der Waals surface area contributed by atoms with Crippen LogP contribution in [0.2, 0.25) is 5.02 Å². The minimum absolute atomic E-state index is 0.331. The lowest BCUT2D eigenvalue weighted by Crippen LogP contribution is -2.46. The number of nitrogens with one attached hydrogen (secondary N) is 2. The molecule has 0 spiro atoms. The van der Waals surface area contributed by atoms with E-state index >= 15 is 0 Å². The number of piperazine rings is 1. The van der Waals surface area contributed by atoms with Gasteiger partial charge in [0.2, 0.25) is 0 Å². The molecule has 222 valence electrons. The van der Waals surface area contributed by atoms with Gasteiger partial charge in [-0.15, -0.1) is 0 Å². The summed E-state index contributed by atoms with van der Waals surface area (Å²) in [6, 6.07) is 10.1. The number of hydrogen-bond donors (Lipinski definition) is 2. The van der Waals surface area contributed by atoms with Crippen molar-refractivity contribution in [3.63, 3.8) is 0 Å². The Labute approximate surface area is 246 Å². The molecule has 1 aliphatic heterocycles. The number of rotatable bonds is 6. The molecule has 42 heavy (non-hydrogen) atoms. The summed E-state index contributed by atoms with van der Waals surface area (Å²) in [4.78, 5) is 32.4. The van der Waals surface area contributed by atoms with Crippen molar-refractivity contribution in [1.82, 2.24) is 30.2 Å². The van der Waals surface area contributed by atoms with Gasteiger partial charge in [-0.3, -0.25) is 9.88 Å². The number of pyridine rings is 2. The van der Waals surface area contributed by atoms with Crippen LogP contribution in [0.3, 0.4) is 0 Å². The summed E-state index contributed by atoms with van der Waals surface area (Å²) < 4.78 is 43.7. The molecule has 0 unspecified atom stereocenters. The fourth-order valence-electron chi connectivity index (χ4n) is 4.70. The Kier molecular flexibility index (Phi) is 8.29. The van der Waals surface area contributed by atoms with Crippen LogP contribution in [0, 0.1) is 0 Å². The monoisotopic (exact) mass is 601 g/mol. The number of amides is 1. The number of carbonyl (C=O) groups is 1. The zero-order valence-electron chi connectivity index (χ0n) is 23.4. The van der Waals surface area contributed by atoms with E-state index in [0.29, 0.717) is 61.3 Å². The van der Waals surface area contributed by atoms with Gasteiger partial charge >= 0.3 is 12.3 Å². The zero-order valence-corrected chi connectivity index (χ0v) is 24.2. The van der Waals surface area contributed by atoms with Crippen molar-refractivity contribution in [1.29, 1.82) is 0 Å². The predicted octanol–water partition coefficient (Wildman–Crippen LogP) is 6.04. The predicted molar refractivity (Wildman–Crippen MR) is 154 cm³/mol. The van der Waals surface area contributed by atoms with Gasteiger partial charge in [-0.05, 0) is 38.0 Å². The van der Waals surface area contributed by atoms with Gasteiger partial charge < -0.3 is 19.9 Å². The first kappa shape index (κ1) is 29.6. The number of aromatic nitrogens is 4. The van der Waals surface area contributed by atoms with Crippen molar-refractivity contribution in [3.8, 4) is 11.4 Å². The van der Waals surface area contributed by atoms with Gasteiger partial charge in [-0.2, -0.15) is 13.2 Å². The molecule has 4 heterocycles. The maximum Gasteiger partial charge on any atom is 0.433 e. The minimum atomic E-state index is -4.45. The number of aromatic amines is 1. The van der Waals surface area contributed by atoms with Crippen LogP contribution < -0.4 is 10.2 Å². The van der Waals surface area contributed by atoms with Gasteiger partial charge in [0.25, 0.3) is 0 Å². The summed E-state index contributed by atoms with van der Waals surface area (Å²) in [5, 5.41) is 3.24. The highest BCUT2D eigenvalue weighted by Crippen LogP contribution is 2.34. The number of halogens is 4. The summed E-state index contributed by atoms with van der Waals surface area (Å²) in [6.07, 6.45) is -2.03. The molecule has 1 amide bonds. The molecule has 4 aromatic rings. The Bertz CT molecular complexity index is 1540. The molecule has 0 saturated carbocycles. The Balaban J connectivity index is 1.24. The van der Waals surface area contributed by atoms with Crippen LogP contribution in [-0.4, -0.2) is 62.7 Å². The average Bonchev–Trinajstić information content (AvgIpc) is 3.36. The smallest absolute Gasteiger partial charge is 0.433 e. The Hall–Kier alpha value is -3.90. The summed E-state index contributed by atoms with van der Waals surface area (Å²) in [6.45, 7) is 8.98. The number of alkyl carbamates (subject to hydrolysis) is 1. The van der Waals surface area contributed by atoms with Crippen molar-refractivity contribution >= 4 is 34.5 Å². The standard InChI is InChI=1S/C29H31ClF3N7O2/c1-28(2,3)42-27(41)36-14-18-4-7-20(8-5-18)25-37-23-24(21(30)16-35-26(23)38-25)40-12-10-39(11-13-40)17-19-6-9-22(34-15-19)29(31,32)33/h4-9,15-16H,10-14,17H2,1-3H3,(H,36,41)(H,35,37,38). The van der Waals surface area contributed by atoms with Crippen molar-refractivity contribution in [2.24, 2.45) is 0 Å². The number of nitrogens with zero attached hydrogens (tertiary/aromatic N) is 5. The number of carbonyl (C=O) groups excluding carboxylic acids is 1. The maximum absolute atomic E-state index is 12.8. The van der Waals surface area contributed by atoms with Gasteiger partial charge in [0.05, 0.1) is 16.9 Å². The molecule has 0 bridgehead atoms. The molecule has 2 N–H and O–H groups in total. The second kappa shape index (κ2) is 11.8. The largest absolute Gasteiger partial charge is 0.444 e. The maximum atomic E-state index is 12.8. The number of fused-ring (bicyclic) bond motifs is 1. The third kappa shape index (κ3) is 7.11. The molecule has 5 rings (SSSR count). The Morgan fingerprint density at radius 1 is 1.00 bits per heavy atom. The third-order valence-electron chi connectivity index (χ3n) is 6.72. The molecule has 0 atom stereocenters. The highest BCUT2D eigenvalue weighted by Gasteiger charge is 2.32. The fourth-order valence-corrected chi connectivity index (χ4v) is 4.96. The number of imidazole rings is 1. The number of benzene rings is 1. The van der Waals surface area contributed by atoms with E-state index in [2.05, 4.69) is 30.1 Å². The zero-order chi connectivity index (χ0) is 30.1. The number of H-pyrrole nitrogens is 1. The van der Waals surface area contributed by atoms with Crippen molar-refractivity contribution in [2.45, 2.75) is 45.6 Å².